The number of carbonyl (C=O) groups excluding carboxylic acids is 3. The van der Waals surface area contributed by atoms with E-state index in [1.165, 1.54) is 0 Å². The number of nitrogens with two attached hydrogens (primary N) is 1. The molecule has 0 heterocycles. The van der Waals surface area contributed by atoms with E-state index < -0.39 is 6.09 Å². The molecule has 30 heavy (non-hydrogen) atoms. The smallest absolute Gasteiger partial charge is 0.409 e. The third-order valence-corrected chi connectivity index (χ3v) is 5.54. The van der Waals surface area contributed by atoms with Crippen LogP contribution in [0.5, 0.6) is 5.75 Å². The van der Waals surface area contributed by atoms with E-state index in [4.69, 9.17) is 10.5 Å². The molecule has 3 rings (SSSR count). The number of aryl methyl sites for hydroxylation is 1. The summed E-state index contributed by atoms with van der Waals surface area (Å²) in [5.41, 5.74) is 7.94. The van der Waals surface area contributed by atoms with Crippen molar-refractivity contribution in [3.8, 4) is 16.9 Å². The molecule has 1 aliphatic carbocycles. The highest BCUT2D eigenvalue weighted by atomic mass is 16.5. The highest BCUT2D eigenvalue weighted by molar-refractivity contribution is 5.77. The van der Waals surface area contributed by atoms with Gasteiger partial charge >= 0.3 is 6.09 Å². The summed E-state index contributed by atoms with van der Waals surface area (Å²) < 4.78 is 5.22. The minimum absolute atomic E-state index is 0.0408. The first-order valence-electron chi connectivity index (χ1n) is 10.5. The molecule has 0 aliphatic heterocycles. The van der Waals surface area contributed by atoms with Crippen molar-refractivity contribution in [1.29, 1.82) is 0 Å². The molecule has 0 spiro atoms. The summed E-state index contributed by atoms with van der Waals surface area (Å²) in [5.74, 6) is 0.607. The molecule has 2 aromatic carbocycles. The number of carbonyl (C=O) groups is 3. The van der Waals surface area contributed by atoms with Gasteiger partial charge in [0.15, 0.2) is 0 Å². The van der Waals surface area contributed by atoms with E-state index in [-0.39, 0.29) is 17.9 Å². The number of rotatable bonds is 8. The molecule has 2 amide bonds. The first-order chi connectivity index (χ1) is 14.5. The molecule has 0 radical (unpaired) electrons. The van der Waals surface area contributed by atoms with Crippen LogP contribution in [-0.2, 0) is 16.0 Å². The lowest BCUT2D eigenvalue weighted by Crippen LogP contribution is -2.37. The van der Waals surface area contributed by atoms with Crippen molar-refractivity contribution in [2.24, 2.45) is 11.7 Å². The number of ether oxygens (including phenoxy) is 1. The van der Waals surface area contributed by atoms with E-state index in [2.05, 4.69) is 5.32 Å². The average molecular weight is 408 g/mol. The minimum Gasteiger partial charge on any atom is -0.410 e. The summed E-state index contributed by atoms with van der Waals surface area (Å²) in [7, 11) is 0. The van der Waals surface area contributed by atoms with Crippen LogP contribution in [0.4, 0.5) is 4.79 Å². The number of hydrogen-bond acceptors (Lipinski definition) is 4. The Labute approximate surface area is 176 Å². The third-order valence-electron chi connectivity index (χ3n) is 5.54. The Bertz CT molecular complexity index is 874. The van der Waals surface area contributed by atoms with Gasteiger partial charge in [-0.15, -0.1) is 0 Å². The minimum atomic E-state index is -0.854. The van der Waals surface area contributed by atoms with Crippen LogP contribution < -0.4 is 15.8 Å². The van der Waals surface area contributed by atoms with Crippen LogP contribution in [-0.4, -0.2) is 24.3 Å². The van der Waals surface area contributed by atoms with Crippen LogP contribution in [0.25, 0.3) is 11.1 Å². The third kappa shape index (κ3) is 6.17. The van der Waals surface area contributed by atoms with Gasteiger partial charge in [-0.3, -0.25) is 4.79 Å². The topological polar surface area (TPSA) is 98.5 Å². The molecule has 0 atom stereocenters. The van der Waals surface area contributed by atoms with E-state index >= 15 is 0 Å². The second kappa shape index (κ2) is 10.6. The average Bonchev–Trinajstić information content (AvgIpc) is 2.75. The van der Waals surface area contributed by atoms with E-state index in [0.717, 1.165) is 48.7 Å². The van der Waals surface area contributed by atoms with Gasteiger partial charge in [-0.2, -0.15) is 0 Å². The molecule has 158 valence electrons. The van der Waals surface area contributed by atoms with Crippen LogP contribution in [0.3, 0.4) is 0 Å². The predicted molar refractivity (Wildman–Crippen MR) is 115 cm³/mol. The normalized spacial score (nSPS) is 18.4. The second-order valence-electron chi connectivity index (χ2n) is 7.79. The maximum Gasteiger partial charge on any atom is 0.409 e. The lowest BCUT2D eigenvalue weighted by molar-refractivity contribution is -0.122. The summed E-state index contributed by atoms with van der Waals surface area (Å²) in [6.07, 6.45) is 5.42. The fourth-order valence-corrected chi connectivity index (χ4v) is 3.92. The molecule has 0 aromatic heterocycles. The zero-order chi connectivity index (χ0) is 21.3. The summed E-state index contributed by atoms with van der Waals surface area (Å²) in [4.78, 5) is 34.4. The predicted octanol–water partition coefficient (Wildman–Crippen LogP) is 4.01. The molecule has 0 saturated heterocycles. The number of primary amides is 1. The van der Waals surface area contributed by atoms with Crippen LogP contribution in [0.15, 0.2) is 48.5 Å². The summed E-state index contributed by atoms with van der Waals surface area (Å²) in [5, 5.41) is 3.08. The summed E-state index contributed by atoms with van der Waals surface area (Å²) in [6.45, 7) is 0. The molecule has 0 unspecified atom stereocenters. The Morgan fingerprint density at radius 1 is 1.07 bits per heavy atom. The van der Waals surface area contributed by atoms with Crippen molar-refractivity contribution < 1.29 is 19.1 Å². The molecular formula is C24H28N2O4. The molecular weight excluding hydrogens is 380 g/mol. The lowest BCUT2D eigenvalue weighted by atomic mass is 9.87. The molecule has 1 saturated carbocycles. The van der Waals surface area contributed by atoms with Crippen LogP contribution in [0, 0.1) is 5.92 Å². The van der Waals surface area contributed by atoms with Crippen molar-refractivity contribution >= 4 is 18.3 Å². The SMILES string of the molecule is NC(=O)Oc1cc(CCCC(=O)NC2CCC(C=O)CC2)ccc1-c1ccccc1. The Hall–Kier alpha value is -3.15. The Balaban J connectivity index is 1.54. The number of hydrogen-bond donors (Lipinski definition) is 2. The van der Waals surface area contributed by atoms with Crippen molar-refractivity contribution in [2.45, 2.75) is 51.0 Å². The highest BCUT2D eigenvalue weighted by Gasteiger charge is 2.21. The zero-order valence-corrected chi connectivity index (χ0v) is 17.0. The maximum atomic E-state index is 12.2. The second-order valence-corrected chi connectivity index (χ2v) is 7.79. The molecule has 1 aliphatic rings. The number of nitrogens with one attached hydrogen (secondary N) is 1. The van der Waals surface area contributed by atoms with Gasteiger partial charge in [0.1, 0.15) is 12.0 Å². The summed E-state index contributed by atoms with van der Waals surface area (Å²) in [6, 6.07) is 15.5. The van der Waals surface area contributed by atoms with E-state index in [9.17, 15) is 14.4 Å². The van der Waals surface area contributed by atoms with Gasteiger partial charge in [0.2, 0.25) is 5.91 Å². The van der Waals surface area contributed by atoms with Crippen molar-refractivity contribution in [1.82, 2.24) is 5.32 Å². The zero-order valence-electron chi connectivity index (χ0n) is 17.0. The van der Waals surface area contributed by atoms with Crippen molar-refractivity contribution in [2.75, 3.05) is 0 Å². The molecule has 6 nitrogen and oxygen atoms in total. The highest BCUT2D eigenvalue weighted by Crippen LogP contribution is 2.31. The lowest BCUT2D eigenvalue weighted by Gasteiger charge is -2.26. The Morgan fingerprint density at radius 3 is 2.47 bits per heavy atom. The van der Waals surface area contributed by atoms with Gasteiger partial charge in [-0.05, 0) is 55.7 Å². The summed E-state index contributed by atoms with van der Waals surface area (Å²) >= 11 is 0. The largest absolute Gasteiger partial charge is 0.410 e. The quantitative estimate of drug-likeness (QED) is 0.645. The molecule has 0 bridgehead atoms. The fourth-order valence-electron chi connectivity index (χ4n) is 3.92. The van der Waals surface area contributed by atoms with Crippen LogP contribution >= 0.6 is 0 Å². The maximum absolute atomic E-state index is 12.2. The first kappa shape index (κ1) is 21.6. The molecule has 6 heteroatoms. The van der Waals surface area contributed by atoms with E-state index in [0.29, 0.717) is 25.0 Å². The van der Waals surface area contributed by atoms with Crippen LogP contribution in [0.1, 0.15) is 44.1 Å². The van der Waals surface area contributed by atoms with Gasteiger partial charge in [-0.25, -0.2) is 4.79 Å². The molecule has 1 fully saturated rings. The van der Waals surface area contributed by atoms with Crippen molar-refractivity contribution in [3.05, 3.63) is 54.1 Å². The fraction of sp³-hybridized carbons (Fsp3) is 0.375. The molecule has 3 N–H and O–H groups in total. The molecule has 2 aromatic rings. The van der Waals surface area contributed by atoms with E-state index in [1.54, 1.807) is 0 Å². The van der Waals surface area contributed by atoms with Gasteiger partial charge in [-0.1, -0.05) is 42.5 Å². The van der Waals surface area contributed by atoms with Gasteiger partial charge < -0.3 is 20.6 Å². The van der Waals surface area contributed by atoms with Gasteiger partial charge in [0.05, 0.1) is 0 Å². The number of aldehydes is 1. The van der Waals surface area contributed by atoms with Gasteiger partial charge in [0, 0.05) is 23.9 Å². The Morgan fingerprint density at radius 2 is 1.80 bits per heavy atom. The van der Waals surface area contributed by atoms with Crippen LogP contribution in [0.2, 0.25) is 0 Å². The standard InChI is InChI=1S/C24H28N2O4/c25-24(29)30-22-15-17(11-14-21(22)19-6-2-1-3-7-19)5-4-8-23(28)26-20-12-9-18(16-27)10-13-20/h1-3,6-7,11,14-16,18,20H,4-5,8-10,12-13H2,(H2,25,29)(H,26,28). The Kier molecular flexibility index (Phi) is 7.60. The number of amides is 2. The number of benzene rings is 2. The van der Waals surface area contributed by atoms with E-state index in [1.807, 2.05) is 48.5 Å². The van der Waals surface area contributed by atoms with Gasteiger partial charge in [0.25, 0.3) is 0 Å². The van der Waals surface area contributed by atoms with Crippen molar-refractivity contribution in [3.63, 3.8) is 0 Å². The monoisotopic (exact) mass is 408 g/mol. The first-order valence-corrected chi connectivity index (χ1v) is 10.5.